The molecule has 1 amide bonds. The van der Waals surface area contributed by atoms with Crippen LogP contribution < -0.4 is 20.3 Å². The lowest BCUT2D eigenvalue weighted by molar-refractivity contribution is 0.0913. The van der Waals surface area contributed by atoms with Gasteiger partial charge in [0.25, 0.3) is 5.91 Å². The number of pyridine rings is 1. The molecule has 1 aliphatic rings. The standard InChI is InChI=1S/C27H41N5O4S/c1-18(2)37(34,35)32(5)26-15-21(14-25(30-26)31(4)16-22-12-19(22)3)27(33)29-24(23(28)17-36-6)13-20-10-8-7-9-11-20/h7-11,14-15,18-19,22-24H,12-13,16-17,28H2,1-6H3,(H,29,33)/t19?,22-,23+,24+/m1/s1. The highest BCUT2D eigenvalue weighted by Gasteiger charge is 2.34. The van der Waals surface area contributed by atoms with Gasteiger partial charge >= 0.3 is 0 Å². The molecule has 0 bridgehead atoms. The SMILES string of the molecule is COC[C@H](N)[C@H](Cc1ccccc1)NC(=O)c1cc(N(C)C[C@H]2CC2C)nc(N(C)S(=O)(=O)C(C)C)c1. The molecule has 1 unspecified atom stereocenters. The zero-order chi connectivity index (χ0) is 27.3. The number of sulfonamides is 1. The maximum atomic E-state index is 13.6. The van der Waals surface area contributed by atoms with Gasteiger partial charge < -0.3 is 20.7 Å². The second-order valence-electron chi connectivity index (χ2n) is 10.4. The Morgan fingerprint density at radius 1 is 1.19 bits per heavy atom. The van der Waals surface area contributed by atoms with Crippen molar-refractivity contribution in [3.63, 3.8) is 0 Å². The molecule has 2 aromatic rings. The van der Waals surface area contributed by atoms with E-state index in [-0.39, 0.29) is 18.3 Å². The maximum Gasteiger partial charge on any atom is 0.251 e. The van der Waals surface area contributed by atoms with E-state index >= 15 is 0 Å². The van der Waals surface area contributed by atoms with Crippen LogP contribution in [-0.4, -0.2) is 71.0 Å². The summed E-state index contributed by atoms with van der Waals surface area (Å²) in [6.45, 7) is 6.52. The molecule has 3 N–H and O–H groups in total. The lowest BCUT2D eigenvalue weighted by Gasteiger charge is -2.27. The highest BCUT2D eigenvalue weighted by molar-refractivity contribution is 7.93. The van der Waals surface area contributed by atoms with Gasteiger partial charge in [0.05, 0.1) is 17.9 Å². The Labute approximate surface area is 221 Å². The molecule has 3 rings (SSSR count). The predicted octanol–water partition coefficient (Wildman–Crippen LogP) is 2.66. The first-order valence-corrected chi connectivity index (χ1v) is 14.2. The number of nitrogens with two attached hydrogens (primary N) is 1. The van der Waals surface area contributed by atoms with Gasteiger partial charge in [-0.15, -0.1) is 0 Å². The molecule has 1 saturated carbocycles. The summed E-state index contributed by atoms with van der Waals surface area (Å²) in [7, 11) is 1.33. The molecule has 0 radical (unpaired) electrons. The molecule has 1 aromatic carbocycles. The average Bonchev–Trinajstić information content (AvgIpc) is 3.57. The van der Waals surface area contributed by atoms with Crippen molar-refractivity contribution >= 4 is 27.6 Å². The van der Waals surface area contributed by atoms with Gasteiger partial charge in [-0.05, 0) is 56.2 Å². The van der Waals surface area contributed by atoms with Gasteiger partial charge in [-0.25, -0.2) is 13.4 Å². The summed E-state index contributed by atoms with van der Waals surface area (Å²) in [6, 6.07) is 12.2. The van der Waals surface area contributed by atoms with E-state index in [2.05, 4.69) is 17.2 Å². The predicted molar refractivity (Wildman–Crippen MR) is 148 cm³/mol. The van der Waals surface area contributed by atoms with E-state index in [0.717, 1.165) is 22.8 Å². The number of carbonyl (C=O) groups is 1. The number of aromatic nitrogens is 1. The molecule has 4 atom stereocenters. The lowest BCUT2D eigenvalue weighted by Crippen LogP contribution is -2.51. The Morgan fingerprint density at radius 3 is 2.38 bits per heavy atom. The molecule has 1 fully saturated rings. The van der Waals surface area contributed by atoms with Crippen LogP contribution in [0.1, 0.15) is 43.1 Å². The summed E-state index contributed by atoms with van der Waals surface area (Å²) in [6.07, 6.45) is 1.68. The van der Waals surface area contributed by atoms with Crippen LogP contribution in [0, 0.1) is 11.8 Å². The van der Waals surface area contributed by atoms with Gasteiger partial charge in [0.15, 0.2) is 0 Å². The molecule has 0 spiro atoms. The number of benzene rings is 1. The molecule has 0 saturated heterocycles. The van der Waals surface area contributed by atoms with Gasteiger partial charge in [-0.3, -0.25) is 9.10 Å². The summed E-state index contributed by atoms with van der Waals surface area (Å²) < 4.78 is 32.2. The van der Waals surface area contributed by atoms with Gasteiger partial charge in [-0.2, -0.15) is 0 Å². The fraction of sp³-hybridized carbons (Fsp3) is 0.556. The number of amides is 1. The first-order valence-electron chi connectivity index (χ1n) is 12.7. The minimum Gasteiger partial charge on any atom is -0.383 e. The molecule has 0 aliphatic heterocycles. The van der Waals surface area contributed by atoms with Crippen molar-refractivity contribution in [2.45, 2.75) is 50.9 Å². The normalized spacial score (nSPS) is 18.8. The van der Waals surface area contributed by atoms with Crippen molar-refractivity contribution in [2.24, 2.45) is 17.6 Å². The number of carbonyl (C=O) groups excluding carboxylic acids is 1. The van der Waals surface area contributed by atoms with Crippen LogP contribution in [0.5, 0.6) is 0 Å². The molecule has 1 aliphatic carbocycles. The highest BCUT2D eigenvalue weighted by Crippen LogP contribution is 2.38. The second kappa shape index (κ2) is 12.2. The largest absolute Gasteiger partial charge is 0.383 e. The van der Waals surface area contributed by atoms with Crippen LogP contribution in [0.15, 0.2) is 42.5 Å². The summed E-state index contributed by atoms with van der Waals surface area (Å²) in [5.74, 6) is 1.62. The first-order chi connectivity index (χ1) is 17.4. The minimum absolute atomic E-state index is 0.202. The molecule has 1 aromatic heterocycles. The van der Waals surface area contributed by atoms with E-state index in [1.807, 2.05) is 42.3 Å². The molecule has 37 heavy (non-hydrogen) atoms. The Kier molecular flexibility index (Phi) is 9.55. The van der Waals surface area contributed by atoms with Crippen LogP contribution in [-0.2, 0) is 21.2 Å². The van der Waals surface area contributed by atoms with Gasteiger partial charge in [-0.1, -0.05) is 37.3 Å². The van der Waals surface area contributed by atoms with Crippen molar-refractivity contribution in [2.75, 3.05) is 43.6 Å². The summed E-state index contributed by atoms with van der Waals surface area (Å²) in [4.78, 5) is 20.2. The third kappa shape index (κ3) is 7.43. The van der Waals surface area contributed by atoms with E-state index < -0.39 is 27.4 Å². The summed E-state index contributed by atoms with van der Waals surface area (Å²) in [5.41, 5.74) is 7.74. The Balaban J connectivity index is 1.94. The van der Waals surface area contributed by atoms with Crippen LogP contribution in [0.25, 0.3) is 0 Å². The molecule has 10 heteroatoms. The lowest BCUT2D eigenvalue weighted by atomic mass is 9.99. The van der Waals surface area contributed by atoms with Gasteiger partial charge in [0.1, 0.15) is 11.6 Å². The monoisotopic (exact) mass is 531 g/mol. The van der Waals surface area contributed by atoms with E-state index in [4.69, 9.17) is 10.5 Å². The summed E-state index contributed by atoms with van der Waals surface area (Å²) in [5, 5.41) is 2.43. The third-order valence-corrected chi connectivity index (χ3v) is 9.17. The topological polar surface area (TPSA) is 118 Å². The van der Waals surface area contributed by atoms with E-state index in [0.29, 0.717) is 29.6 Å². The number of ether oxygens (including phenoxy) is 1. The van der Waals surface area contributed by atoms with E-state index in [1.165, 1.54) is 13.1 Å². The van der Waals surface area contributed by atoms with E-state index in [1.54, 1.807) is 27.0 Å². The van der Waals surface area contributed by atoms with Crippen LogP contribution in [0.3, 0.4) is 0 Å². The quantitative estimate of drug-likeness (QED) is 0.408. The molecule has 9 nitrogen and oxygen atoms in total. The van der Waals surface area contributed by atoms with Crippen molar-refractivity contribution < 1.29 is 17.9 Å². The summed E-state index contributed by atoms with van der Waals surface area (Å²) >= 11 is 0. The highest BCUT2D eigenvalue weighted by atomic mass is 32.2. The number of nitrogens with zero attached hydrogens (tertiary/aromatic N) is 3. The number of rotatable bonds is 13. The molecular formula is C27H41N5O4S. The van der Waals surface area contributed by atoms with Crippen molar-refractivity contribution in [1.29, 1.82) is 0 Å². The second-order valence-corrected chi connectivity index (χ2v) is 12.9. The van der Waals surface area contributed by atoms with Crippen molar-refractivity contribution in [3.05, 3.63) is 53.6 Å². The van der Waals surface area contributed by atoms with Crippen LogP contribution in [0.4, 0.5) is 11.6 Å². The van der Waals surface area contributed by atoms with Crippen molar-refractivity contribution in [1.82, 2.24) is 10.3 Å². The Hall–Kier alpha value is -2.69. The fourth-order valence-electron chi connectivity index (χ4n) is 4.27. The van der Waals surface area contributed by atoms with Crippen molar-refractivity contribution in [3.8, 4) is 0 Å². The molecular weight excluding hydrogens is 490 g/mol. The van der Waals surface area contributed by atoms with Gasteiger partial charge in [0.2, 0.25) is 10.0 Å². The number of nitrogens with one attached hydrogen (secondary N) is 1. The third-order valence-electron chi connectivity index (χ3n) is 7.03. The number of anilines is 2. The maximum absolute atomic E-state index is 13.6. The zero-order valence-corrected chi connectivity index (χ0v) is 23.5. The van der Waals surface area contributed by atoms with Crippen LogP contribution in [0.2, 0.25) is 0 Å². The fourth-order valence-corrected chi connectivity index (χ4v) is 5.26. The Bertz CT molecular complexity index is 1160. The zero-order valence-electron chi connectivity index (χ0n) is 22.7. The molecule has 204 valence electrons. The number of methoxy groups -OCH3 is 1. The molecule has 1 heterocycles. The minimum atomic E-state index is -3.63. The smallest absolute Gasteiger partial charge is 0.251 e. The van der Waals surface area contributed by atoms with Crippen LogP contribution >= 0.6 is 0 Å². The van der Waals surface area contributed by atoms with E-state index in [9.17, 15) is 13.2 Å². The number of hydrogen-bond acceptors (Lipinski definition) is 7. The number of hydrogen-bond donors (Lipinski definition) is 2. The van der Waals surface area contributed by atoms with Gasteiger partial charge in [0, 0.05) is 39.4 Å². The average molecular weight is 532 g/mol. The Morgan fingerprint density at radius 2 is 1.81 bits per heavy atom. The first kappa shape index (κ1) is 28.9.